The quantitative estimate of drug-likeness (QED) is 0.295. The van der Waals surface area contributed by atoms with Crippen molar-refractivity contribution in [1.82, 2.24) is 9.55 Å². The van der Waals surface area contributed by atoms with Crippen LogP contribution in [0.4, 0.5) is 4.39 Å². The van der Waals surface area contributed by atoms with Crippen LogP contribution in [0.3, 0.4) is 0 Å². The molecule has 5 nitrogen and oxygen atoms in total. The highest BCUT2D eigenvalue weighted by Crippen LogP contribution is 2.23. The first-order valence-electron chi connectivity index (χ1n) is 5.48. The molecule has 1 aromatic heterocycles. The number of hydrogen-bond acceptors (Lipinski definition) is 4. The Balaban J connectivity index is 2.23. The molecule has 1 aromatic carbocycles. The fraction of sp³-hybridized carbons (Fsp3) is 0.167. The summed E-state index contributed by atoms with van der Waals surface area (Å²) in [6.07, 6.45) is 3.55. The lowest BCUT2D eigenvalue weighted by Crippen LogP contribution is -2.15. The summed E-state index contributed by atoms with van der Waals surface area (Å²) in [6.45, 7) is 0. The molecule has 0 radical (unpaired) electrons. The summed E-state index contributed by atoms with van der Waals surface area (Å²) in [5.41, 5.74) is 6.72. The Kier molecular flexibility index (Phi) is 4.06. The first kappa shape index (κ1) is 13.4. The Labute approximate surface area is 113 Å². The van der Waals surface area contributed by atoms with Crippen molar-refractivity contribution in [2.45, 2.75) is 10.9 Å². The number of benzene rings is 1. The van der Waals surface area contributed by atoms with Gasteiger partial charge in [-0.3, -0.25) is 0 Å². The van der Waals surface area contributed by atoms with E-state index in [2.05, 4.69) is 10.1 Å². The molecular weight excluding hydrogens is 267 g/mol. The average Bonchev–Trinajstić information content (AvgIpc) is 2.82. The average molecular weight is 280 g/mol. The van der Waals surface area contributed by atoms with Crippen LogP contribution in [0.1, 0.15) is 11.1 Å². The number of amidine groups is 1. The van der Waals surface area contributed by atoms with Gasteiger partial charge in [0, 0.05) is 30.8 Å². The lowest BCUT2D eigenvalue weighted by Gasteiger charge is -2.08. The molecule has 2 aromatic rings. The number of aromatic nitrogens is 2. The zero-order valence-electron chi connectivity index (χ0n) is 10.2. The number of halogens is 1. The Morgan fingerprint density at radius 3 is 3.00 bits per heavy atom. The maximum atomic E-state index is 13.2. The van der Waals surface area contributed by atoms with E-state index in [1.165, 1.54) is 23.9 Å². The molecule has 3 N–H and O–H groups in total. The zero-order chi connectivity index (χ0) is 13.8. The fourth-order valence-corrected chi connectivity index (χ4v) is 2.54. The molecule has 0 saturated heterocycles. The van der Waals surface area contributed by atoms with Crippen LogP contribution >= 0.6 is 11.8 Å². The molecule has 7 heteroatoms. The number of imidazole rings is 1. The summed E-state index contributed by atoms with van der Waals surface area (Å²) in [7, 11) is 1.89. The molecule has 0 atom stereocenters. The van der Waals surface area contributed by atoms with E-state index in [0.717, 1.165) is 10.7 Å². The van der Waals surface area contributed by atoms with Gasteiger partial charge in [0.2, 0.25) is 0 Å². The normalized spacial score (nSPS) is 11.8. The molecule has 0 unspecified atom stereocenters. The van der Waals surface area contributed by atoms with Crippen LogP contribution in [0.15, 0.2) is 40.9 Å². The van der Waals surface area contributed by atoms with Gasteiger partial charge in [0.25, 0.3) is 0 Å². The van der Waals surface area contributed by atoms with Crippen LogP contribution in [0.2, 0.25) is 0 Å². The van der Waals surface area contributed by atoms with Crippen molar-refractivity contribution >= 4 is 17.6 Å². The third-order valence-electron chi connectivity index (χ3n) is 2.59. The second-order valence-electron chi connectivity index (χ2n) is 3.90. The predicted molar refractivity (Wildman–Crippen MR) is 71.7 cm³/mol. The number of nitrogens with zero attached hydrogens (tertiary/aromatic N) is 3. The van der Waals surface area contributed by atoms with Crippen LogP contribution in [0, 0.1) is 5.82 Å². The first-order chi connectivity index (χ1) is 9.11. The van der Waals surface area contributed by atoms with Gasteiger partial charge in [-0.25, -0.2) is 9.37 Å². The Bertz CT molecular complexity index is 612. The maximum absolute atomic E-state index is 13.2. The molecular formula is C12H13FN4OS. The Hall–Kier alpha value is -2.02. The molecule has 0 saturated carbocycles. The summed E-state index contributed by atoms with van der Waals surface area (Å²) in [5, 5.41) is 12.5. The molecule has 0 fully saturated rings. The molecule has 1 heterocycles. The number of thioether (sulfide) groups is 1. The third-order valence-corrected chi connectivity index (χ3v) is 3.70. The monoisotopic (exact) mass is 280 g/mol. The number of nitrogens with two attached hydrogens (primary N) is 1. The fourth-order valence-electron chi connectivity index (χ4n) is 1.60. The maximum Gasteiger partial charge on any atom is 0.170 e. The summed E-state index contributed by atoms with van der Waals surface area (Å²) in [4.78, 5) is 4.18. The molecule has 0 aliphatic carbocycles. The van der Waals surface area contributed by atoms with Crippen molar-refractivity contribution in [2.24, 2.45) is 17.9 Å². The van der Waals surface area contributed by atoms with Gasteiger partial charge in [-0.05, 0) is 17.7 Å². The van der Waals surface area contributed by atoms with E-state index >= 15 is 0 Å². The van der Waals surface area contributed by atoms with E-state index < -0.39 is 5.82 Å². The van der Waals surface area contributed by atoms with Crippen molar-refractivity contribution in [3.05, 3.63) is 47.5 Å². The second-order valence-corrected chi connectivity index (χ2v) is 4.84. The van der Waals surface area contributed by atoms with Crippen LogP contribution < -0.4 is 5.73 Å². The van der Waals surface area contributed by atoms with Crippen LogP contribution in [-0.2, 0) is 12.8 Å². The number of rotatable bonds is 4. The lowest BCUT2D eigenvalue weighted by atomic mass is 10.1. The highest BCUT2D eigenvalue weighted by Gasteiger charge is 2.10. The summed E-state index contributed by atoms with van der Waals surface area (Å²) < 4.78 is 15.1. The second kappa shape index (κ2) is 5.75. The highest BCUT2D eigenvalue weighted by molar-refractivity contribution is 7.98. The minimum absolute atomic E-state index is 0.102. The van der Waals surface area contributed by atoms with E-state index in [1.54, 1.807) is 12.3 Å². The summed E-state index contributed by atoms with van der Waals surface area (Å²) >= 11 is 1.49. The number of aryl methyl sites for hydroxylation is 1. The van der Waals surface area contributed by atoms with Gasteiger partial charge >= 0.3 is 0 Å². The van der Waals surface area contributed by atoms with Crippen molar-refractivity contribution in [3.63, 3.8) is 0 Å². The van der Waals surface area contributed by atoms with Gasteiger partial charge in [0.05, 0.1) is 0 Å². The number of oxime groups is 1. The highest BCUT2D eigenvalue weighted by atomic mass is 32.2. The molecule has 100 valence electrons. The first-order valence-corrected chi connectivity index (χ1v) is 6.47. The molecule has 2 rings (SSSR count). The summed E-state index contributed by atoms with van der Waals surface area (Å²) in [5.74, 6) is 0.0266. The van der Waals surface area contributed by atoms with Gasteiger partial charge in [-0.2, -0.15) is 0 Å². The Morgan fingerprint density at radius 2 is 2.37 bits per heavy atom. The predicted octanol–water partition coefficient (Wildman–Crippen LogP) is 1.95. The van der Waals surface area contributed by atoms with Crippen LogP contribution in [-0.4, -0.2) is 20.6 Å². The molecule has 0 bridgehead atoms. The standard InChI is InChI=1S/C12H13FN4OS/c1-17-5-4-15-12(17)19-7-8-2-3-9(13)6-10(8)11(14)16-18/h2-6,18H,7H2,1H3,(H2,14,16). The summed E-state index contributed by atoms with van der Waals surface area (Å²) in [6, 6.07) is 4.23. The lowest BCUT2D eigenvalue weighted by molar-refractivity contribution is 0.318. The van der Waals surface area contributed by atoms with Gasteiger partial charge in [0.1, 0.15) is 5.82 Å². The SMILES string of the molecule is Cn1ccnc1SCc1ccc(F)cc1C(N)=NO. The molecule has 19 heavy (non-hydrogen) atoms. The molecule has 0 spiro atoms. The van der Waals surface area contributed by atoms with Crippen molar-refractivity contribution in [2.75, 3.05) is 0 Å². The van der Waals surface area contributed by atoms with E-state index in [4.69, 9.17) is 10.9 Å². The van der Waals surface area contributed by atoms with Crippen LogP contribution in [0.5, 0.6) is 0 Å². The van der Waals surface area contributed by atoms with E-state index in [9.17, 15) is 4.39 Å². The van der Waals surface area contributed by atoms with Crippen molar-refractivity contribution in [1.29, 1.82) is 0 Å². The molecule has 0 aliphatic rings. The topological polar surface area (TPSA) is 76.4 Å². The Morgan fingerprint density at radius 1 is 1.58 bits per heavy atom. The van der Waals surface area contributed by atoms with Gasteiger partial charge in [0.15, 0.2) is 11.0 Å². The minimum Gasteiger partial charge on any atom is -0.409 e. The van der Waals surface area contributed by atoms with E-state index in [-0.39, 0.29) is 5.84 Å². The van der Waals surface area contributed by atoms with Gasteiger partial charge in [-0.1, -0.05) is 23.0 Å². The zero-order valence-corrected chi connectivity index (χ0v) is 11.1. The molecule has 0 aliphatic heterocycles. The molecule has 0 amide bonds. The minimum atomic E-state index is -0.424. The van der Waals surface area contributed by atoms with E-state index in [0.29, 0.717) is 11.3 Å². The largest absolute Gasteiger partial charge is 0.409 e. The van der Waals surface area contributed by atoms with Gasteiger partial charge in [-0.15, -0.1) is 0 Å². The number of hydrogen-bond donors (Lipinski definition) is 2. The van der Waals surface area contributed by atoms with Crippen molar-refractivity contribution in [3.8, 4) is 0 Å². The van der Waals surface area contributed by atoms with Gasteiger partial charge < -0.3 is 15.5 Å². The van der Waals surface area contributed by atoms with E-state index in [1.807, 2.05) is 17.8 Å². The third kappa shape index (κ3) is 3.05. The smallest absolute Gasteiger partial charge is 0.170 e. The van der Waals surface area contributed by atoms with Crippen molar-refractivity contribution < 1.29 is 9.60 Å². The van der Waals surface area contributed by atoms with Crippen LogP contribution in [0.25, 0.3) is 0 Å².